The van der Waals surface area contributed by atoms with E-state index in [1.807, 2.05) is 12.1 Å². The zero-order valence-corrected chi connectivity index (χ0v) is 11.1. The monoisotopic (exact) mass is 313 g/mol. The number of cyclic esters (lactones) is 1. The van der Waals surface area contributed by atoms with Crippen molar-refractivity contribution in [1.82, 2.24) is 0 Å². The zero-order valence-electron chi connectivity index (χ0n) is 9.51. The molecule has 0 saturated carbocycles. The van der Waals surface area contributed by atoms with Crippen molar-refractivity contribution in [2.24, 2.45) is 0 Å². The Morgan fingerprint density at radius 3 is 2.72 bits per heavy atom. The first-order valence-electron chi connectivity index (χ1n) is 5.51. The van der Waals surface area contributed by atoms with Crippen LogP contribution in [0.4, 0.5) is 10.5 Å². The molecule has 0 aromatic heterocycles. The van der Waals surface area contributed by atoms with Gasteiger partial charge in [-0.1, -0.05) is 15.9 Å². The van der Waals surface area contributed by atoms with Crippen molar-refractivity contribution in [3.8, 4) is 0 Å². The average molecular weight is 314 g/mol. The second-order valence-electron chi connectivity index (χ2n) is 4.01. The Kier molecular flexibility index (Phi) is 3.86. The summed E-state index contributed by atoms with van der Waals surface area (Å²) in [7, 11) is 0. The number of anilines is 1. The van der Waals surface area contributed by atoms with E-state index in [2.05, 4.69) is 15.9 Å². The van der Waals surface area contributed by atoms with Crippen LogP contribution in [0.3, 0.4) is 0 Å². The standard InChI is InChI=1S/C12H12BrNO4/c13-8-1-3-9(4-2-8)14-10(5-6-11(15)16)7-18-12(14)17/h1-4,10H,5-7H2,(H,15,16). The van der Waals surface area contributed by atoms with Gasteiger partial charge in [-0.25, -0.2) is 4.79 Å². The van der Waals surface area contributed by atoms with Gasteiger partial charge >= 0.3 is 12.1 Å². The van der Waals surface area contributed by atoms with Gasteiger partial charge in [-0.2, -0.15) is 0 Å². The topological polar surface area (TPSA) is 66.8 Å². The third-order valence-corrected chi connectivity index (χ3v) is 3.29. The van der Waals surface area contributed by atoms with Crippen LogP contribution in [0, 0.1) is 0 Å². The van der Waals surface area contributed by atoms with E-state index in [0.29, 0.717) is 6.42 Å². The Bertz CT molecular complexity index is 460. The molecular formula is C12H12BrNO4. The third kappa shape index (κ3) is 2.81. The van der Waals surface area contributed by atoms with E-state index in [1.54, 1.807) is 12.1 Å². The molecular weight excluding hydrogens is 302 g/mol. The highest BCUT2D eigenvalue weighted by Crippen LogP contribution is 2.26. The van der Waals surface area contributed by atoms with Crippen molar-refractivity contribution in [1.29, 1.82) is 0 Å². The summed E-state index contributed by atoms with van der Waals surface area (Å²) in [5, 5.41) is 8.68. The normalized spacial score (nSPS) is 18.8. The minimum Gasteiger partial charge on any atom is -0.481 e. The number of carbonyl (C=O) groups excluding carboxylic acids is 1. The first kappa shape index (κ1) is 12.9. The molecule has 1 amide bonds. The van der Waals surface area contributed by atoms with E-state index in [1.165, 1.54) is 4.90 Å². The Balaban J connectivity index is 2.14. The van der Waals surface area contributed by atoms with Crippen LogP contribution in [0.5, 0.6) is 0 Å². The molecule has 2 rings (SSSR count). The van der Waals surface area contributed by atoms with Crippen LogP contribution in [-0.4, -0.2) is 29.8 Å². The lowest BCUT2D eigenvalue weighted by Gasteiger charge is -2.20. The number of benzene rings is 1. The van der Waals surface area contributed by atoms with E-state index in [4.69, 9.17) is 9.84 Å². The van der Waals surface area contributed by atoms with Gasteiger partial charge in [-0.3, -0.25) is 9.69 Å². The maximum Gasteiger partial charge on any atom is 0.414 e. The lowest BCUT2D eigenvalue weighted by Crippen LogP contribution is -2.33. The number of carbonyl (C=O) groups is 2. The van der Waals surface area contributed by atoms with E-state index in [-0.39, 0.29) is 19.1 Å². The maximum absolute atomic E-state index is 11.7. The molecule has 1 unspecified atom stereocenters. The molecule has 6 heteroatoms. The SMILES string of the molecule is O=C(O)CCC1COC(=O)N1c1ccc(Br)cc1. The molecule has 1 saturated heterocycles. The fourth-order valence-electron chi connectivity index (χ4n) is 1.88. The number of halogens is 1. The lowest BCUT2D eigenvalue weighted by atomic mass is 10.1. The number of hydrogen-bond donors (Lipinski definition) is 1. The van der Waals surface area contributed by atoms with Crippen LogP contribution >= 0.6 is 15.9 Å². The van der Waals surface area contributed by atoms with Gasteiger partial charge in [-0.05, 0) is 30.7 Å². The van der Waals surface area contributed by atoms with Gasteiger partial charge < -0.3 is 9.84 Å². The van der Waals surface area contributed by atoms with Crippen molar-refractivity contribution in [2.45, 2.75) is 18.9 Å². The lowest BCUT2D eigenvalue weighted by molar-refractivity contribution is -0.137. The molecule has 5 nitrogen and oxygen atoms in total. The minimum atomic E-state index is -0.870. The number of rotatable bonds is 4. The largest absolute Gasteiger partial charge is 0.481 e. The predicted molar refractivity (Wildman–Crippen MR) is 68.6 cm³/mol. The summed E-state index contributed by atoms with van der Waals surface area (Å²) in [6, 6.07) is 7.04. The van der Waals surface area contributed by atoms with Gasteiger partial charge in [-0.15, -0.1) is 0 Å². The molecule has 1 atom stereocenters. The molecule has 18 heavy (non-hydrogen) atoms. The van der Waals surface area contributed by atoms with Gasteiger partial charge in [0.2, 0.25) is 0 Å². The summed E-state index contributed by atoms with van der Waals surface area (Å²) < 4.78 is 5.89. The molecule has 0 bridgehead atoms. The third-order valence-electron chi connectivity index (χ3n) is 2.76. The van der Waals surface area contributed by atoms with Gasteiger partial charge in [0.25, 0.3) is 0 Å². The second-order valence-corrected chi connectivity index (χ2v) is 4.93. The summed E-state index contributed by atoms with van der Waals surface area (Å²) in [5.74, 6) is -0.870. The number of ether oxygens (including phenoxy) is 1. The minimum absolute atomic E-state index is 0.0222. The summed E-state index contributed by atoms with van der Waals surface area (Å²) in [5.41, 5.74) is 0.719. The molecule has 0 radical (unpaired) electrons. The van der Waals surface area contributed by atoms with Crippen LogP contribution in [-0.2, 0) is 9.53 Å². The molecule has 96 valence electrons. The Morgan fingerprint density at radius 1 is 1.44 bits per heavy atom. The number of hydrogen-bond acceptors (Lipinski definition) is 3. The van der Waals surface area contributed by atoms with Gasteiger partial charge in [0.15, 0.2) is 0 Å². The zero-order chi connectivity index (χ0) is 13.1. The number of amides is 1. The number of carboxylic acids is 1. The highest BCUT2D eigenvalue weighted by Gasteiger charge is 2.34. The highest BCUT2D eigenvalue weighted by atomic mass is 79.9. The van der Waals surface area contributed by atoms with E-state index < -0.39 is 12.1 Å². The average Bonchev–Trinajstić information content (AvgIpc) is 2.69. The van der Waals surface area contributed by atoms with Crippen LogP contribution < -0.4 is 4.90 Å². The number of carboxylic acid groups (broad SMARTS) is 1. The number of nitrogens with zero attached hydrogens (tertiary/aromatic N) is 1. The summed E-state index contributed by atoms with van der Waals surface area (Å²) in [6.45, 7) is 0.238. The second kappa shape index (κ2) is 5.39. The quantitative estimate of drug-likeness (QED) is 0.928. The van der Waals surface area contributed by atoms with Gasteiger partial charge in [0.1, 0.15) is 6.61 Å². The fraction of sp³-hybridized carbons (Fsp3) is 0.333. The summed E-state index contributed by atoms with van der Waals surface area (Å²) in [6.07, 6.45) is -0.0152. The van der Waals surface area contributed by atoms with Crippen molar-refractivity contribution in [2.75, 3.05) is 11.5 Å². The van der Waals surface area contributed by atoms with Crippen LogP contribution in [0.15, 0.2) is 28.7 Å². The van der Waals surface area contributed by atoms with Crippen LogP contribution in [0.2, 0.25) is 0 Å². The van der Waals surface area contributed by atoms with E-state index in [0.717, 1.165) is 10.2 Å². The first-order valence-corrected chi connectivity index (χ1v) is 6.30. The van der Waals surface area contributed by atoms with Crippen molar-refractivity contribution >= 4 is 33.7 Å². The Morgan fingerprint density at radius 2 is 2.11 bits per heavy atom. The molecule has 1 aromatic rings. The fourth-order valence-corrected chi connectivity index (χ4v) is 2.15. The Hall–Kier alpha value is -1.56. The highest BCUT2D eigenvalue weighted by molar-refractivity contribution is 9.10. The molecule has 1 aliphatic heterocycles. The number of aliphatic carboxylic acids is 1. The summed E-state index contributed by atoms with van der Waals surface area (Å²) in [4.78, 5) is 23.7. The van der Waals surface area contributed by atoms with Crippen LogP contribution in [0.1, 0.15) is 12.8 Å². The molecule has 1 aliphatic rings. The molecule has 0 spiro atoms. The summed E-state index contributed by atoms with van der Waals surface area (Å²) >= 11 is 3.32. The molecule has 1 aromatic carbocycles. The van der Waals surface area contributed by atoms with E-state index >= 15 is 0 Å². The smallest absolute Gasteiger partial charge is 0.414 e. The van der Waals surface area contributed by atoms with Crippen molar-refractivity contribution < 1.29 is 19.4 Å². The molecule has 1 heterocycles. The van der Waals surface area contributed by atoms with E-state index in [9.17, 15) is 9.59 Å². The molecule has 1 fully saturated rings. The first-order chi connectivity index (χ1) is 8.58. The Labute approximate surface area is 112 Å². The van der Waals surface area contributed by atoms with Gasteiger partial charge in [0, 0.05) is 16.6 Å². The molecule has 0 aliphatic carbocycles. The van der Waals surface area contributed by atoms with Crippen molar-refractivity contribution in [3.63, 3.8) is 0 Å². The van der Waals surface area contributed by atoms with Gasteiger partial charge in [0.05, 0.1) is 6.04 Å². The maximum atomic E-state index is 11.7. The predicted octanol–water partition coefficient (Wildman–Crippen LogP) is 2.64. The van der Waals surface area contributed by atoms with Crippen molar-refractivity contribution in [3.05, 3.63) is 28.7 Å². The van der Waals surface area contributed by atoms with Crippen LogP contribution in [0.25, 0.3) is 0 Å². The molecule has 1 N–H and O–H groups in total.